The van der Waals surface area contributed by atoms with Gasteiger partial charge in [-0.25, -0.2) is 0 Å². The van der Waals surface area contributed by atoms with Crippen LogP contribution in [0, 0.1) is 0 Å². The van der Waals surface area contributed by atoms with E-state index in [0.717, 1.165) is 5.92 Å². The molecule has 2 aromatic carbocycles. The number of unbranched alkanes of at least 4 members (excludes halogenated alkanes) is 2. The van der Waals surface area contributed by atoms with E-state index < -0.39 is 0 Å². The van der Waals surface area contributed by atoms with Gasteiger partial charge >= 0.3 is 0 Å². The lowest BCUT2D eigenvalue weighted by Crippen LogP contribution is -2.04. The standard InChI is InChI=1S/C23H30/c1-2-3-5-8-19-11-13-21(14-12-19)23-17-15-22(16-18-23)20-9-6-4-7-10-20/h11-18,20H,2-10H2,1H3. The molecule has 2 aromatic rings. The lowest BCUT2D eigenvalue weighted by atomic mass is 9.83. The molecule has 0 aromatic heterocycles. The van der Waals surface area contributed by atoms with Crippen LogP contribution < -0.4 is 0 Å². The number of rotatable bonds is 6. The second-order valence-electron chi connectivity index (χ2n) is 7.11. The van der Waals surface area contributed by atoms with E-state index in [0.29, 0.717) is 0 Å². The number of benzene rings is 2. The minimum atomic E-state index is 0.804. The highest BCUT2D eigenvalue weighted by atomic mass is 14.2. The van der Waals surface area contributed by atoms with Crippen molar-refractivity contribution in [3.05, 3.63) is 59.7 Å². The Kier molecular flexibility index (Phi) is 5.91. The molecular weight excluding hydrogens is 276 g/mol. The molecule has 0 radical (unpaired) electrons. The number of hydrogen-bond donors (Lipinski definition) is 0. The quantitative estimate of drug-likeness (QED) is 0.498. The molecule has 122 valence electrons. The fraction of sp³-hybridized carbons (Fsp3) is 0.478. The van der Waals surface area contributed by atoms with Gasteiger partial charge in [0.05, 0.1) is 0 Å². The molecule has 0 amide bonds. The summed E-state index contributed by atoms with van der Waals surface area (Å²) in [5.41, 5.74) is 5.72. The fourth-order valence-corrected chi connectivity index (χ4v) is 3.83. The molecule has 1 fully saturated rings. The van der Waals surface area contributed by atoms with Gasteiger partial charge in [-0.3, -0.25) is 0 Å². The van der Waals surface area contributed by atoms with Gasteiger partial charge < -0.3 is 0 Å². The van der Waals surface area contributed by atoms with E-state index >= 15 is 0 Å². The average molecular weight is 306 g/mol. The molecule has 0 heteroatoms. The number of hydrogen-bond acceptors (Lipinski definition) is 0. The van der Waals surface area contributed by atoms with E-state index in [1.165, 1.54) is 74.5 Å². The Hall–Kier alpha value is -1.56. The van der Waals surface area contributed by atoms with E-state index in [9.17, 15) is 0 Å². The fourth-order valence-electron chi connectivity index (χ4n) is 3.83. The average Bonchev–Trinajstić information content (AvgIpc) is 2.63. The van der Waals surface area contributed by atoms with Crippen LogP contribution in [-0.2, 0) is 6.42 Å². The second-order valence-corrected chi connectivity index (χ2v) is 7.11. The molecule has 0 heterocycles. The Morgan fingerprint density at radius 1 is 0.739 bits per heavy atom. The third-order valence-corrected chi connectivity index (χ3v) is 5.34. The van der Waals surface area contributed by atoms with E-state index in [4.69, 9.17) is 0 Å². The van der Waals surface area contributed by atoms with Crippen molar-refractivity contribution in [3.63, 3.8) is 0 Å². The molecule has 3 rings (SSSR count). The smallest absolute Gasteiger partial charge is 0.0162 e. The maximum Gasteiger partial charge on any atom is -0.0162 e. The zero-order chi connectivity index (χ0) is 15.9. The molecule has 0 nitrogen and oxygen atoms in total. The van der Waals surface area contributed by atoms with Gasteiger partial charge in [-0.15, -0.1) is 0 Å². The SMILES string of the molecule is CCCCCc1ccc(-c2ccc(C3CCCCC3)cc2)cc1. The summed E-state index contributed by atoms with van der Waals surface area (Å²) >= 11 is 0. The summed E-state index contributed by atoms with van der Waals surface area (Å²) in [6, 6.07) is 18.5. The van der Waals surface area contributed by atoms with E-state index in [2.05, 4.69) is 55.5 Å². The van der Waals surface area contributed by atoms with Crippen LogP contribution in [0.3, 0.4) is 0 Å². The van der Waals surface area contributed by atoms with Crippen LogP contribution in [0.4, 0.5) is 0 Å². The van der Waals surface area contributed by atoms with Crippen molar-refractivity contribution in [3.8, 4) is 11.1 Å². The monoisotopic (exact) mass is 306 g/mol. The summed E-state index contributed by atoms with van der Waals surface area (Å²) < 4.78 is 0. The summed E-state index contributed by atoms with van der Waals surface area (Å²) in [7, 11) is 0. The maximum absolute atomic E-state index is 2.36. The predicted octanol–water partition coefficient (Wildman–Crippen LogP) is 7.13. The maximum atomic E-state index is 2.36. The number of aryl methyl sites for hydroxylation is 1. The topological polar surface area (TPSA) is 0 Å². The molecule has 0 spiro atoms. The summed E-state index contributed by atoms with van der Waals surface area (Å²) in [6.07, 6.45) is 12.2. The van der Waals surface area contributed by atoms with Crippen molar-refractivity contribution in [2.75, 3.05) is 0 Å². The van der Waals surface area contributed by atoms with Crippen molar-refractivity contribution in [1.82, 2.24) is 0 Å². The third kappa shape index (κ3) is 4.47. The highest BCUT2D eigenvalue weighted by molar-refractivity contribution is 5.64. The first-order valence-corrected chi connectivity index (χ1v) is 9.56. The molecule has 0 unspecified atom stereocenters. The lowest BCUT2D eigenvalue weighted by Gasteiger charge is -2.22. The molecule has 0 atom stereocenters. The summed E-state index contributed by atoms with van der Waals surface area (Å²) in [4.78, 5) is 0. The first-order chi connectivity index (χ1) is 11.4. The van der Waals surface area contributed by atoms with Crippen molar-refractivity contribution in [2.45, 2.75) is 70.6 Å². The Balaban J connectivity index is 1.64. The van der Waals surface area contributed by atoms with Crippen molar-refractivity contribution in [1.29, 1.82) is 0 Å². The van der Waals surface area contributed by atoms with Crippen LogP contribution in [0.1, 0.15) is 75.3 Å². The first-order valence-electron chi connectivity index (χ1n) is 9.56. The summed E-state index contributed by atoms with van der Waals surface area (Å²) in [6.45, 7) is 2.26. The highest BCUT2D eigenvalue weighted by Gasteiger charge is 2.15. The Labute approximate surface area is 141 Å². The molecule has 1 saturated carbocycles. The minimum absolute atomic E-state index is 0.804. The lowest BCUT2D eigenvalue weighted by molar-refractivity contribution is 0.443. The van der Waals surface area contributed by atoms with Gasteiger partial charge in [0.25, 0.3) is 0 Å². The molecule has 1 aliphatic carbocycles. The second kappa shape index (κ2) is 8.34. The van der Waals surface area contributed by atoms with Crippen LogP contribution in [0.15, 0.2) is 48.5 Å². The van der Waals surface area contributed by atoms with Gasteiger partial charge in [-0.2, -0.15) is 0 Å². The van der Waals surface area contributed by atoms with Crippen LogP contribution in [0.2, 0.25) is 0 Å². The van der Waals surface area contributed by atoms with Crippen molar-refractivity contribution in [2.24, 2.45) is 0 Å². The molecular formula is C23H30. The highest BCUT2D eigenvalue weighted by Crippen LogP contribution is 2.33. The normalized spacial score (nSPS) is 15.7. The molecule has 23 heavy (non-hydrogen) atoms. The van der Waals surface area contributed by atoms with Gasteiger partial charge in [-0.05, 0) is 53.9 Å². The van der Waals surface area contributed by atoms with Crippen LogP contribution in [0.25, 0.3) is 11.1 Å². The van der Waals surface area contributed by atoms with E-state index in [1.807, 2.05) is 0 Å². The Morgan fingerprint density at radius 3 is 1.96 bits per heavy atom. The summed E-state index contributed by atoms with van der Waals surface area (Å²) in [5, 5.41) is 0. The molecule has 0 aliphatic heterocycles. The van der Waals surface area contributed by atoms with Gasteiger partial charge in [0.1, 0.15) is 0 Å². The van der Waals surface area contributed by atoms with Gasteiger partial charge in [0.2, 0.25) is 0 Å². The van der Waals surface area contributed by atoms with E-state index in [1.54, 1.807) is 5.56 Å². The van der Waals surface area contributed by atoms with Crippen LogP contribution >= 0.6 is 0 Å². The van der Waals surface area contributed by atoms with Gasteiger partial charge in [0, 0.05) is 0 Å². The summed E-state index contributed by atoms with van der Waals surface area (Å²) in [5.74, 6) is 0.804. The largest absolute Gasteiger partial charge is 0.0654 e. The van der Waals surface area contributed by atoms with Crippen molar-refractivity contribution < 1.29 is 0 Å². The van der Waals surface area contributed by atoms with Gasteiger partial charge in [0.15, 0.2) is 0 Å². The first kappa shape index (κ1) is 16.3. The van der Waals surface area contributed by atoms with Gasteiger partial charge in [-0.1, -0.05) is 87.6 Å². The Morgan fingerprint density at radius 2 is 1.35 bits per heavy atom. The zero-order valence-electron chi connectivity index (χ0n) is 14.6. The zero-order valence-corrected chi connectivity index (χ0v) is 14.6. The molecule has 1 aliphatic rings. The third-order valence-electron chi connectivity index (χ3n) is 5.34. The van der Waals surface area contributed by atoms with Crippen molar-refractivity contribution >= 4 is 0 Å². The minimum Gasteiger partial charge on any atom is -0.0654 e. The van der Waals surface area contributed by atoms with Crippen LogP contribution in [-0.4, -0.2) is 0 Å². The molecule has 0 N–H and O–H groups in total. The van der Waals surface area contributed by atoms with E-state index in [-0.39, 0.29) is 0 Å². The predicted molar refractivity (Wildman–Crippen MR) is 101 cm³/mol. The molecule has 0 bridgehead atoms. The van der Waals surface area contributed by atoms with Crippen LogP contribution in [0.5, 0.6) is 0 Å². The molecule has 0 saturated heterocycles. The Bertz CT molecular complexity index is 570.